The number of methoxy groups -OCH3 is 2. The molecule has 0 saturated heterocycles. The van der Waals surface area contributed by atoms with Crippen molar-refractivity contribution in [3.05, 3.63) is 23.8 Å². The zero-order chi connectivity index (χ0) is 15.8. The van der Waals surface area contributed by atoms with E-state index in [0.29, 0.717) is 23.6 Å². The smallest absolute Gasteiger partial charge is 0.325 e. The predicted molar refractivity (Wildman–Crippen MR) is 77.8 cm³/mol. The third-order valence-electron chi connectivity index (χ3n) is 2.89. The van der Waals surface area contributed by atoms with Gasteiger partial charge in [-0.3, -0.25) is 9.59 Å². The number of rotatable bonds is 7. The maximum atomic E-state index is 12.5. The summed E-state index contributed by atoms with van der Waals surface area (Å²) in [6.45, 7) is 4.13. The maximum absolute atomic E-state index is 12.5. The van der Waals surface area contributed by atoms with Crippen LogP contribution in [0.3, 0.4) is 0 Å². The number of ether oxygens (including phenoxy) is 3. The number of benzene rings is 1. The molecule has 1 amide bonds. The van der Waals surface area contributed by atoms with Crippen molar-refractivity contribution in [2.24, 2.45) is 0 Å². The molecular formula is C15H21NO5. The quantitative estimate of drug-likeness (QED) is 0.717. The second kappa shape index (κ2) is 8.14. The first-order valence-electron chi connectivity index (χ1n) is 6.73. The van der Waals surface area contributed by atoms with E-state index in [1.165, 1.54) is 19.1 Å². The molecule has 0 aliphatic rings. The summed E-state index contributed by atoms with van der Waals surface area (Å²) in [6, 6.07) is 4.90. The highest BCUT2D eigenvalue weighted by atomic mass is 16.5. The van der Waals surface area contributed by atoms with E-state index in [1.807, 2.05) is 0 Å². The molecule has 0 heterocycles. The van der Waals surface area contributed by atoms with Crippen molar-refractivity contribution in [3.8, 4) is 11.5 Å². The van der Waals surface area contributed by atoms with Crippen LogP contribution in [0.1, 0.15) is 24.2 Å². The van der Waals surface area contributed by atoms with E-state index in [-0.39, 0.29) is 19.1 Å². The number of amides is 1. The number of carbonyl (C=O) groups is 2. The van der Waals surface area contributed by atoms with Gasteiger partial charge in [-0.25, -0.2) is 0 Å². The van der Waals surface area contributed by atoms with Crippen LogP contribution in [0.4, 0.5) is 0 Å². The van der Waals surface area contributed by atoms with Gasteiger partial charge in [0.25, 0.3) is 5.91 Å². The van der Waals surface area contributed by atoms with Crippen LogP contribution in [-0.4, -0.2) is 50.7 Å². The summed E-state index contributed by atoms with van der Waals surface area (Å²) in [6.07, 6.45) is 0. The molecule has 1 aromatic carbocycles. The van der Waals surface area contributed by atoms with Gasteiger partial charge in [-0.1, -0.05) is 0 Å². The van der Waals surface area contributed by atoms with Crippen LogP contribution in [0.15, 0.2) is 18.2 Å². The zero-order valence-electron chi connectivity index (χ0n) is 12.8. The van der Waals surface area contributed by atoms with E-state index in [0.717, 1.165) is 0 Å². The van der Waals surface area contributed by atoms with Gasteiger partial charge < -0.3 is 19.1 Å². The third-order valence-corrected chi connectivity index (χ3v) is 2.89. The summed E-state index contributed by atoms with van der Waals surface area (Å²) in [5.74, 6) is 0.333. The highest BCUT2D eigenvalue weighted by Crippen LogP contribution is 2.23. The summed E-state index contributed by atoms with van der Waals surface area (Å²) in [5.41, 5.74) is 0.400. The fourth-order valence-corrected chi connectivity index (χ4v) is 1.80. The van der Waals surface area contributed by atoms with Crippen molar-refractivity contribution in [3.63, 3.8) is 0 Å². The molecule has 0 N–H and O–H groups in total. The molecule has 0 aliphatic heterocycles. The Morgan fingerprint density at radius 2 is 1.62 bits per heavy atom. The third kappa shape index (κ3) is 4.66. The van der Waals surface area contributed by atoms with Gasteiger partial charge >= 0.3 is 5.97 Å². The van der Waals surface area contributed by atoms with Gasteiger partial charge in [0.15, 0.2) is 0 Å². The van der Waals surface area contributed by atoms with Gasteiger partial charge in [-0.05, 0) is 26.0 Å². The van der Waals surface area contributed by atoms with Crippen molar-refractivity contribution in [2.75, 3.05) is 33.9 Å². The van der Waals surface area contributed by atoms with Crippen LogP contribution in [0.2, 0.25) is 0 Å². The molecule has 0 aliphatic carbocycles. The molecule has 0 atom stereocenters. The first kappa shape index (κ1) is 16.8. The Kier molecular flexibility index (Phi) is 6.52. The molecule has 0 fully saturated rings. The Bertz CT molecular complexity index is 479. The van der Waals surface area contributed by atoms with E-state index in [2.05, 4.69) is 0 Å². The topological polar surface area (TPSA) is 65.1 Å². The van der Waals surface area contributed by atoms with E-state index < -0.39 is 5.97 Å². The zero-order valence-corrected chi connectivity index (χ0v) is 12.8. The van der Waals surface area contributed by atoms with Crippen molar-refractivity contribution in [1.82, 2.24) is 4.90 Å². The average molecular weight is 295 g/mol. The summed E-state index contributed by atoms with van der Waals surface area (Å²) in [4.78, 5) is 25.4. The van der Waals surface area contributed by atoms with Crippen molar-refractivity contribution in [2.45, 2.75) is 13.8 Å². The van der Waals surface area contributed by atoms with Gasteiger partial charge in [-0.2, -0.15) is 0 Å². The predicted octanol–water partition coefficient (Wildman–Crippen LogP) is 1.73. The Balaban J connectivity index is 2.96. The lowest BCUT2D eigenvalue weighted by atomic mass is 10.1. The molecule has 0 radical (unpaired) electrons. The Morgan fingerprint density at radius 3 is 2.05 bits per heavy atom. The Morgan fingerprint density at radius 1 is 1.05 bits per heavy atom. The Labute approximate surface area is 124 Å². The van der Waals surface area contributed by atoms with Gasteiger partial charge in [0.05, 0.1) is 20.8 Å². The second-order valence-electron chi connectivity index (χ2n) is 4.23. The number of likely N-dealkylation sites (N-methyl/N-ethyl adjacent to an activating group) is 1. The molecule has 6 nitrogen and oxygen atoms in total. The first-order chi connectivity index (χ1) is 10.0. The number of hydrogen-bond acceptors (Lipinski definition) is 5. The summed E-state index contributed by atoms with van der Waals surface area (Å²) < 4.78 is 15.1. The van der Waals surface area contributed by atoms with Gasteiger partial charge in [-0.15, -0.1) is 0 Å². The lowest BCUT2D eigenvalue weighted by Gasteiger charge is -2.20. The fraction of sp³-hybridized carbons (Fsp3) is 0.467. The molecule has 0 unspecified atom stereocenters. The standard InChI is InChI=1S/C15H21NO5/c1-5-16(10-14(17)21-6-2)15(18)11-7-12(19-3)9-13(8-11)20-4/h7-9H,5-6,10H2,1-4H3. The van der Waals surface area contributed by atoms with Crippen molar-refractivity contribution >= 4 is 11.9 Å². The summed E-state index contributed by atoms with van der Waals surface area (Å²) >= 11 is 0. The van der Waals surface area contributed by atoms with Crippen LogP contribution >= 0.6 is 0 Å². The molecule has 116 valence electrons. The minimum atomic E-state index is -0.428. The van der Waals surface area contributed by atoms with Crippen LogP contribution in [0, 0.1) is 0 Å². The molecular weight excluding hydrogens is 274 g/mol. The number of esters is 1. The van der Waals surface area contributed by atoms with Crippen LogP contribution in [0.25, 0.3) is 0 Å². The normalized spacial score (nSPS) is 9.90. The lowest BCUT2D eigenvalue weighted by Crippen LogP contribution is -2.36. The molecule has 0 saturated carbocycles. The summed E-state index contributed by atoms with van der Waals surface area (Å²) in [5, 5.41) is 0. The lowest BCUT2D eigenvalue weighted by molar-refractivity contribution is -0.143. The number of hydrogen-bond donors (Lipinski definition) is 0. The molecule has 21 heavy (non-hydrogen) atoms. The number of carbonyl (C=O) groups excluding carboxylic acids is 2. The van der Waals surface area contributed by atoms with Crippen molar-refractivity contribution < 1.29 is 23.8 Å². The highest BCUT2D eigenvalue weighted by molar-refractivity contribution is 5.96. The number of nitrogens with zero attached hydrogens (tertiary/aromatic N) is 1. The fourth-order valence-electron chi connectivity index (χ4n) is 1.80. The maximum Gasteiger partial charge on any atom is 0.325 e. The summed E-state index contributed by atoms with van der Waals surface area (Å²) in [7, 11) is 3.03. The van der Waals surface area contributed by atoms with Gasteiger partial charge in [0.1, 0.15) is 18.0 Å². The molecule has 6 heteroatoms. The van der Waals surface area contributed by atoms with Gasteiger partial charge in [0, 0.05) is 18.2 Å². The monoisotopic (exact) mass is 295 g/mol. The Hall–Kier alpha value is -2.24. The molecule has 0 spiro atoms. The largest absolute Gasteiger partial charge is 0.497 e. The molecule has 1 rings (SSSR count). The highest BCUT2D eigenvalue weighted by Gasteiger charge is 2.19. The van der Waals surface area contributed by atoms with E-state index in [4.69, 9.17) is 14.2 Å². The van der Waals surface area contributed by atoms with E-state index in [9.17, 15) is 9.59 Å². The van der Waals surface area contributed by atoms with E-state index >= 15 is 0 Å². The minimum Gasteiger partial charge on any atom is -0.497 e. The average Bonchev–Trinajstić information content (AvgIpc) is 2.51. The molecule has 0 aromatic heterocycles. The van der Waals surface area contributed by atoms with Crippen LogP contribution < -0.4 is 9.47 Å². The minimum absolute atomic E-state index is 0.0807. The first-order valence-corrected chi connectivity index (χ1v) is 6.73. The van der Waals surface area contributed by atoms with Crippen LogP contribution in [0.5, 0.6) is 11.5 Å². The van der Waals surface area contributed by atoms with Crippen LogP contribution in [-0.2, 0) is 9.53 Å². The van der Waals surface area contributed by atoms with E-state index in [1.54, 1.807) is 32.0 Å². The second-order valence-corrected chi connectivity index (χ2v) is 4.23. The molecule has 1 aromatic rings. The van der Waals surface area contributed by atoms with Crippen molar-refractivity contribution in [1.29, 1.82) is 0 Å². The molecule has 0 bridgehead atoms. The SMILES string of the molecule is CCOC(=O)CN(CC)C(=O)c1cc(OC)cc(OC)c1. The van der Waals surface area contributed by atoms with Gasteiger partial charge in [0.2, 0.25) is 0 Å².